The molecule has 0 radical (unpaired) electrons. The molecule has 1 N–H and O–H groups in total. The summed E-state index contributed by atoms with van der Waals surface area (Å²) in [5, 5.41) is 13.2. The molecule has 5 nitrogen and oxygen atoms in total. The van der Waals surface area contributed by atoms with Crippen molar-refractivity contribution < 1.29 is 9.53 Å². The minimum absolute atomic E-state index is 0.0496. The van der Waals surface area contributed by atoms with Crippen molar-refractivity contribution in [2.75, 3.05) is 17.7 Å². The summed E-state index contributed by atoms with van der Waals surface area (Å²) in [6, 6.07) is 11.6. The van der Waals surface area contributed by atoms with Crippen LogP contribution >= 0.6 is 11.8 Å². The lowest BCUT2D eigenvalue weighted by Crippen LogP contribution is -2.12. The molecule has 1 amide bonds. The molecule has 0 bridgehead atoms. The van der Waals surface area contributed by atoms with Crippen molar-refractivity contribution in [1.29, 1.82) is 5.26 Å². The molecule has 1 aromatic carbocycles. The summed E-state index contributed by atoms with van der Waals surface area (Å²) in [6.45, 7) is 2.55. The fourth-order valence-electron chi connectivity index (χ4n) is 3.42. The van der Waals surface area contributed by atoms with Gasteiger partial charge in [0.1, 0.15) is 16.8 Å². The average Bonchev–Trinajstić information content (AvgIpc) is 2.70. The second-order valence-electron chi connectivity index (χ2n) is 7.08. The van der Waals surface area contributed by atoms with E-state index < -0.39 is 0 Å². The second-order valence-corrected chi connectivity index (χ2v) is 8.16. The summed E-state index contributed by atoms with van der Waals surface area (Å²) >= 11 is 1.49. The molecule has 0 saturated heterocycles. The lowest BCUT2D eigenvalue weighted by atomic mass is 9.96. The molecule has 29 heavy (non-hydrogen) atoms. The first-order valence-electron chi connectivity index (χ1n) is 10.3. The zero-order valence-electron chi connectivity index (χ0n) is 16.9. The maximum atomic E-state index is 12.2. The van der Waals surface area contributed by atoms with Crippen molar-refractivity contribution in [3.63, 3.8) is 0 Å². The van der Waals surface area contributed by atoms with Gasteiger partial charge in [-0.15, -0.1) is 11.8 Å². The van der Waals surface area contributed by atoms with E-state index in [1.807, 2.05) is 37.3 Å². The van der Waals surface area contributed by atoms with E-state index in [0.717, 1.165) is 47.8 Å². The summed E-state index contributed by atoms with van der Waals surface area (Å²) in [7, 11) is 0. The number of carbonyl (C=O) groups is 1. The van der Waals surface area contributed by atoms with Gasteiger partial charge >= 0.3 is 0 Å². The van der Waals surface area contributed by atoms with Gasteiger partial charge < -0.3 is 10.1 Å². The predicted octanol–water partition coefficient (Wildman–Crippen LogP) is 5.13. The van der Waals surface area contributed by atoms with Crippen molar-refractivity contribution in [3.8, 4) is 11.8 Å². The summed E-state index contributed by atoms with van der Waals surface area (Å²) in [5.74, 6) is 1.32. The van der Waals surface area contributed by atoms with Gasteiger partial charge in [-0.2, -0.15) is 5.26 Å². The van der Waals surface area contributed by atoms with Gasteiger partial charge in [0, 0.05) is 23.6 Å². The fraction of sp³-hybridized carbons (Fsp3) is 0.435. The first kappa shape index (κ1) is 21.2. The van der Waals surface area contributed by atoms with Crippen molar-refractivity contribution >= 4 is 23.4 Å². The Labute approximate surface area is 176 Å². The zero-order valence-corrected chi connectivity index (χ0v) is 17.7. The van der Waals surface area contributed by atoms with Gasteiger partial charge in [-0.25, -0.2) is 4.98 Å². The Hall–Kier alpha value is -2.52. The zero-order chi connectivity index (χ0) is 20.5. The third-order valence-electron chi connectivity index (χ3n) is 4.90. The molecular formula is C23H27N3O2S. The molecule has 1 aromatic heterocycles. The van der Waals surface area contributed by atoms with Crippen LogP contribution in [0.3, 0.4) is 0 Å². The number of aryl methyl sites for hydroxylation is 2. The minimum atomic E-state index is -0.0496. The van der Waals surface area contributed by atoms with Crippen LogP contribution in [-0.4, -0.2) is 23.3 Å². The number of ether oxygens (including phenoxy) is 1. The lowest BCUT2D eigenvalue weighted by Gasteiger charge is -2.15. The standard InChI is InChI=1S/C23H27N3O2S/c1-2-28-20-11-9-19(10-12-20)25-22(27)13-14-29-23-18(16-24)15-17-7-5-3-4-6-8-21(17)26-23/h9-12,15H,2-8,13-14H2,1H3,(H,25,27). The highest BCUT2D eigenvalue weighted by Crippen LogP contribution is 2.27. The quantitative estimate of drug-likeness (QED) is 0.642. The van der Waals surface area contributed by atoms with Crippen LogP contribution in [0.15, 0.2) is 35.4 Å². The molecular weight excluding hydrogens is 382 g/mol. The first-order chi connectivity index (χ1) is 14.2. The van der Waals surface area contributed by atoms with Crippen molar-refractivity contribution in [1.82, 2.24) is 4.98 Å². The molecule has 152 valence electrons. The molecule has 6 heteroatoms. The highest BCUT2D eigenvalue weighted by Gasteiger charge is 2.14. The highest BCUT2D eigenvalue weighted by molar-refractivity contribution is 7.99. The number of nitriles is 1. The number of hydrogen-bond donors (Lipinski definition) is 1. The normalized spacial score (nSPS) is 13.5. The number of amides is 1. The summed E-state index contributed by atoms with van der Waals surface area (Å²) in [6.07, 6.45) is 7.16. The number of anilines is 1. The molecule has 1 aliphatic rings. The van der Waals surface area contributed by atoms with E-state index in [0.29, 0.717) is 24.3 Å². The van der Waals surface area contributed by atoms with E-state index in [1.54, 1.807) is 0 Å². The van der Waals surface area contributed by atoms with Crippen molar-refractivity contribution in [3.05, 3.63) is 47.2 Å². The minimum Gasteiger partial charge on any atom is -0.494 e. The van der Waals surface area contributed by atoms with Crippen molar-refractivity contribution in [2.24, 2.45) is 0 Å². The molecule has 0 saturated carbocycles. The van der Waals surface area contributed by atoms with E-state index in [9.17, 15) is 10.1 Å². The Morgan fingerprint density at radius 1 is 1.21 bits per heavy atom. The van der Waals surface area contributed by atoms with Crippen LogP contribution < -0.4 is 10.1 Å². The SMILES string of the molecule is CCOc1ccc(NC(=O)CCSc2nc3c(cc2C#N)CCCCCC3)cc1. The number of nitrogens with zero attached hydrogens (tertiary/aromatic N) is 2. The predicted molar refractivity (Wildman–Crippen MR) is 116 cm³/mol. The number of hydrogen-bond acceptors (Lipinski definition) is 5. The molecule has 0 fully saturated rings. The van der Waals surface area contributed by atoms with Crippen LogP contribution in [0.4, 0.5) is 5.69 Å². The van der Waals surface area contributed by atoms with E-state index in [-0.39, 0.29) is 5.91 Å². The molecule has 0 atom stereocenters. The third-order valence-corrected chi connectivity index (χ3v) is 5.90. The summed E-state index contributed by atoms with van der Waals surface area (Å²) < 4.78 is 5.41. The topological polar surface area (TPSA) is 75.0 Å². The number of fused-ring (bicyclic) bond motifs is 1. The number of thioether (sulfide) groups is 1. The van der Waals surface area contributed by atoms with E-state index in [4.69, 9.17) is 9.72 Å². The van der Waals surface area contributed by atoms with Gasteiger partial charge in [0.25, 0.3) is 0 Å². The number of aromatic nitrogens is 1. The van der Waals surface area contributed by atoms with Crippen LogP contribution in [0.1, 0.15) is 55.8 Å². The maximum Gasteiger partial charge on any atom is 0.225 e. The largest absolute Gasteiger partial charge is 0.494 e. The van der Waals surface area contributed by atoms with Gasteiger partial charge in [0.05, 0.1) is 12.2 Å². The van der Waals surface area contributed by atoms with Crippen LogP contribution in [-0.2, 0) is 17.6 Å². The number of pyridine rings is 1. The number of benzene rings is 1. The van der Waals surface area contributed by atoms with E-state index in [1.165, 1.54) is 30.2 Å². The number of rotatable bonds is 7. The van der Waals surface area contributed by atoms with Gasteiger partial charge in [-0.05, 0) is 68.5 Å². The Morgan fingerprint density at radius 3 is 2.69 bits per heavy atom. The van der Waals surface area contributed by atoms with Gasteiger partial charge in [-0.1, -0.05) is 12.8 Å². The van der Waals surface area contributed by atoms with Gasteiger partial charge in [-0.3, -0.25) is 4.79 Å². The average molecular weight is 410 g/mol. The Morgan fingerprint density at radius 2 is 1.97 bits per heavy atom. The Bertz CT molecular complexity index is 875. The molecule has 1 heterocycles. The van der Waals surface area contributed by atoms with E-state index >= 15 is 0 Å². The van der Waals surface area contributed by atoms with Crippen LogP contribution in [0, 0.1) is 11.3 Å². The van der Waals surface area contributed by atoms with Crippen LogP contribution in [0.2, 0.25) is 0 Å². The molecule has 0 unspecified atom stereocenters. The Kier molecular flexibility index (Phi) is 7.94. The van der Waals surface area contributed by atoms with Crippen LogP contribution in [0.25, 0.3) is 0 Å². The van der Waals surface area contributed by atoms with Gasteiger partial charge in [0.2, 0.25) is 5.91 Å². The molecule has 2 aromatic rings. The molecule has 0 spiro atoms. The fourth-order valence-corrected chi connectivity index (χ4v) is 4.34. The summed E-state index contributed by atoms with van der Waals surface area (Å²) in [4.78, 5) is 17.0. The third kappa shape index (κ3) is 6.23. The molecule has 0 aliphatic heterocycles. The first-order valence-corrected chi connectivity index (χ1v) is 11.3. The van der Waals surface area contributed by atoms with Gasteiger partial charge in [0.15, 0.2) is 0 Å². The highest BCUT2D eigenvalue weighted by atomic mass is 32.2. The van der Waals surface area contributed by atoms with Crippen LogP contribution in [0.5, 0.6) is 5.75 Å². The smallest absolute Gasteiger partial charge is 0.225 e. The second kappa shape index (κ2) is 10.9. The summed E-state index contributed by atoms with van der Waals surface area (Å²) in [5.41, 5.74) is 3.73. The number of nitrogens with one attached hydrogen (secondary N) is 1. The monoisotopic (exact) mass is 409 g/mol. The molecule has 3 rings (SSSR count). The Balaban J connectivity index is 1.55. The molecule has 1 aliphatic carbocycles. The van der Waals surface area contributed by atoms with Crippen molar-refractivity contribution in [2.45, 2.75) is 56.9 Å². The number of carbonyl (C=O) groups excluding carboxylic acids is 1. The van der Waals surface area contributed by atoms with E-state index in [2.05, 4.69) is 11.4 Å². The maximum absolute atomic E-state index is 12.2. The lowest BCUT2D eigenvalue weighted by molar-refractivity contribution is -0.115.